The van der Waals surface area contributed by atoms with Crippen LogP contribution >= 0.6 is 0 Å². The van der Waals surface area contributed by atoms with E-state index < -0.39 is 10.4 Å². The van der Waals surface area contributed by atoms with E-state index in [0.29, 0.717) is 0 Å². The van der Waals surface area contributed by atoms with Crippen LogP contribution in [0.4, 0.5) is 0 Å². The number of ether oxygens (including phenoxy) is 1. The Morgan fingerprint density at radius 1 is 1.08 bits per heavy atom. The van der Waals surface area contributed by atoms with Crippen molar-refractivity contribution in [3.8, 4) is 0 Å². The van der Waals surface area contributed by atoms with E-state index in [4.69, 9.17) is 27.4 Å². The molecule has 6 nitrogen and oxygen atoms in total. The molecular formula is C6H18O6S. The van der Waals surface area contributed by atoms with Crippen molar-refractivity contribution in [2.45, 2.75) is 20.8 Å². The molecule has 0 bridgehead atoms. The van der Waals surface area contributed by atoms with Crippen molar-refractivity contribution in [2.75, 3.05) is 19.8 Å². The van der Waals surface area contributed by atoms with Crippen LogP contribution in [0, 0.1) is 0 Å². The van der Waals surface area contributed by atoms with Gasteiger partial charge in [0.15, 0.2) is 0 Å². The van der Waals surface area contributed by atoms with Crippen molar-refractivity contribution in [3.05, 3.63) is 0 Å². The van der Waals surface area contributed by atoms with Crippen molar-refractivity contribution in [3.63, 3.8) is 0 Å². The average molecular weight is 218 g/mol. The Morgan fingerprint density at radius 2 is 1.23 bits per heavy atom. The summed E-state index contributed by atoms with van der Waals surface area (Å²) in [5, 5.41) is 7.57. The highest BCUT2D eigenvalue weighted by Gasteiger charge is 1.84. The van der Waals surface area contributed by atoms with E-state index in [-0.39, 0.29) is 6.61 Å². The number of hydrogen-bond donors (Lipinski definition) is 3. The zero-order chi connectivity index (χ0) is 11.3. The minimum atomic E-state index is -4.67. The molecule has 0 unspecified atom stereocenters. The van der Waals surface area contributed by atoms with Crippen LogP contribution in [0.3, 0.4) is 0 Å². The minimum Gasteiger partial charge on any atom is -0.397 e. The van der Waals surface area contributed by atoms with Gasteiger partial charge in [-0.05, 0) is 20.8 Å². The normalized spacial score (nSPS) is 9.08. The summed E-state index contributed by atoms with van der Waals surface area (Å²) in [4.78, 5) is 0. The van der Waals surface area contributed by atoms with Gasteiger partial charge in [-0.3, -0.25) is 9.11 Å². The number of aliphatic hydroxyl groups is 1. The van der Waals surface area contributed by atoms with Crippen molar-refractivity contribution >= 4 is 10.4 Å². The minimum absolute atomic E-state index is 0.250. The fourth-order valence-electron chi connectivity index (χ4n) is 0.204. The maximum atomic E-state index is 8.74. The third kappa shape index (κ3) is 353. The molecule has 0 spiro atoms. The third-order valence-electron chi connectivity index (χ3n) is 0.408. The SMILES string of the molecule is CCO.CCOCC.O=S(=O)(O)O. The molecule has 0 saturated heterocycles. The molecule has 0 aliphatic carbocycles. The highest BCUT2D eigenvalue weighted by molar-refractivity contribution is 7.79. The van der Waals surface area contributed by atoms with Gasteiger partial charge in [-0.25, -0.2) is 0 Å². The lowest BCUT2D eigenvalue weighted by Gasteiger charge is -1.86. The van der Waals surface area contributed by atoms with E-state index in [2.05, 4.69) is 0 Å². The van der Waals surface area contributed by atoms with Crippen LogP contribution in [0.15, 0.2) is 0 Å². The van der Waals surface area contributed by atoms with Gasteiger partial charge in [0, 0.05) is 19.8 Å². The third-order valence-corrected chi connectivity index (χ3v) is 0.408. The second kappa shape index (κ2) is 14.3. The molecule has 84 valence electrons. The monoisotopic (exact) mass is 218 g/mol. The molecule has 0 radical (unpaired) electrons. The van der Waals surface area contributed by atoms with Crippen LogP contribution in [-0.4, -0.2) is 42.5 Å². The van der Waals surface area contributed by atoms with Gasteiger partial charge in [-0.1, -0.05) is 0 Å². The van der Waals surface area contributed by atoms with Gasteiger partial charge in [0.1, 0.15) is 0 Å². The first kappa shape index (κ1) is 18.5. The Kier molecular flexibility index (Phi) is 20.4. The summed E-state index contributed by atoms with van der Waals surface area (Å²) in [5.41, 5.74) is 0. The van der Waals surface area contributed by atoms with Gasteiger partial charge in [0.05, 0.1) is 0 Å². The molecule has 0 amide bonds. The van der Waals surface area contributed by atoms with Crippen LogP contribution in [0.25, 0.3) is 0 Å². The van der Waals surface area contributed by atoms with Crippen LogP contribution in [0.2, 0.25) is 0 Å². The molecule has 0 fully saturated rings. The summed E-state index contributed by atoms with van der Waals surface area (Å²) in [6, 6.07) is 0. The maximum Gasteiger partial charge on any atom is 0.394 e. The quantitative estimate of drug-likeness (QED) is 0.579. The van der Waals surface area contributed by atoms with Crippen LogP contribution in [-0.2, 0) is 15.1 Å². The van der Waals surface area contributed by atoms with Crippen molar-refractivity contribution in [1.29, 1.82) is 0 Å². The lowest BCUT2D eigenvalue weighted by Crippen LogP contribution is -1.89. The summed E-state index contributed by atoms with van der Waals surface area (Å²) in [6.07, 6.45) is 0. The molecule has 0 rings (SSSR count). The molecule has 0 saturated carbocycles. The second-order valence-corrected chi connectivity index (χ2v) is 2.44. The molecule has 0 atom stereocenters. The van der Waals surface area contributed by atoms with E-state index in [9.17, 15) is 0 Å². The molecule has 0 aliphatic rings. The van der Waals surface area contributed by atoms with Gasteiger partial charge in [-0.2, -0.15) is 8.42 Å². The molecule has 0 aromatic heterocycles. The van der Waals surface area contributed by atoms with Gasteiger partial charge in [0.25, 0.3) is 0 Å². The summed E-state index contributed by atoms with van der Waals surface area (Å²) >= 11 is 0. The zero-order valence-corrected chi connectivity index (χ0v) is 8.91. The van der Waals surface area contributed by atoms with Gasteiger partial charge < -0.3 is 9.84 Å². The summed E-state index contributed by atoms with van der Waals surface area (Å²) in [6.45, 7) is 7.60. The summed E-state index contributed by atoms with van der Waals surface area (Å²) in [7, 11) is -4.67. The fraction of sp³-hybridized carbons (Fsp3) is 1.00. The lowest BCUT2D eigenvalue weighted by atomic mass is 10.8. The molecule has 0 heterocycles. The highest BCUT2D eigenvalue weighted by atomic mass is 32.3. The predicted molar refractivity (Wildman–Crippen MR) is 49.1 cm³/mol. The van der Waals surface area contributed by atoms with Crippen LogP contribution in [0.5, 0.6) is 0 Å². The predicted octanol–water partition coefficient (Wildman–Crippen LogP) is 0.389. The van der Waals surface area contributed by atoms with E-state index in [1.54, 1.807) is 6.92 Å². The van der Waals surface area contributed by atoms with E-state index >= 15 is 0 Å². The fourth-order valence-corrected chi connectivity index (χ4v) is 0.204. The lowest BCUT2D eigenvalue weighted by molar-refractivity contribution is 0.162. The van der Waals surface area contributed by atoms with E-state index in [0.717, 1.165) is 13.2 Å². The van der Waals surface area contributed by atoms with Crippen molar-refractivity contribution < 1.29 is 27.4 Å². The number of rotatable bonds is 2. The molecule has 7 heteroatoms. The van der Waals surface area contributed by atoms with Crippen molar-refractivity contribution in [1.82, 2.24) is 0 Å². The van der Waals surface area contributed by atoms with Gasteiger partial charge in [0.2, 0.25) is 0 Å². The Bertz CT molecular complexity index is 143. The van der Waals surface area contributed by atoms with Gasteiger partial charge in [-0.15, -0.1) is 0 Å². The average Bonchev–Trinajstić information content (AvgIpc) is 1.87. The van der Waals surface area contributed by atoms with E-state index in [1.165, 1.54) is 0 Å². The molecule has 3 N–H and O–H groups in total. The molecule has 0 aromatic carbocycles. The van der Waals surface area contributed by atoms with Gasteiger partial charge >= 0.3 is 10.4 Å². The topological polar surface area (TPSA) is 104 Å². The zero-order valence-electron chi connectivity index (χ0n) is 8.10. The Hall–Kier alpha value is -0.210. The summed E-state index contributed by atoms with van der Waals surface area (Å²) in [5.74, 6) is 0. The Labute approximate surface area is 79.1 Å². The molecular weight excluding hydrogens is 200 g/mol. The van der Waals surface area contributed by atoms with Crippen LogP contribution in [0.1, 0.15) is 20.8 Å². The van der Waals surface area contributed by atoms with Crippen molar-refractivity contribution in [2.24, 2.45) is 0 Å². The van der Waals surface area contributed by atoms with E-state index in [1.807, 2.05) is 13.8 Å². The highest BCUT2D eigenvalue weighted by Crippen LogP contribution is 1.64. The first-order chi connectivity index (χ1) is 5.83. The largest absolute Gasteiger partial charge is 0.397 e. The number of aliphatic hydroxyl groups excluding tert-OH is 1. The Balaban J connectivity index is -0.000000120. The number of hydrogen-bond acceptors (Lipinski definition) is 4. The first-order valence-electron chi connectivity index (χ1n) is 3.71. The second-order valence-electron chi connectivity index (χ2n) is 1.55. The summed E-state index contributed by atoms with van der Waals surface area (Å²) < 4.78 is 36.4. The first-order valence-corrected chi connectivity index (χ1v) is 5.11. The smallest absolute Gasteiger partial charge is 0.394 e. The van der Waals surface area contributed by atoms with Crippen LogP contribution < -0.4 is 0 Å². The Morgan fingerprint density at radius 3 is 1.23 bits per heavy atom. The molecule has 0 aliphatic heterocycles. The maximum absolute atomic E-state index is 8.74. The standard InChI is InChI=1S/C4H10O.C2H6O.H2O4S/c1-3-5-4-2;1-2-3;1-5(2,3)4/h3-4H2,1-2H3;3H,2H2,1H3;(H2,1,2,3,4). The molecule has 13 heavy (non-hydrogen) atoms. The molecule has 0 aromatic rings.